The van der Waals surface area contributed by atoms with Crippen LogP contribution in [-0.2, 0) is 0 Å². The topological polar surface area (TPSA) is 45.4 Å². The van der Waals surface area contributed by atoms with Gasteiger partial charge in [-0.15, -0.1) is 0 Å². The Morgan fingerprint density at radius 2 is 1.94 bits per heavy atom. The summed E-state index contributed by atoms with van der Waals surface area (Å²) in [5.41, 5.74) is 2.09. The predicted molar refractivity (Wildman–Crippen MR) is 64.9 cm³/mol. The SMILES string of the molecule is N#Cc1cccc2c1Oc1ccccc1C=N2. The molecule has 3 heteroatoms. The van der Waals surface area contributed by atoms with Crippen LogP contribution in [0, 0.1) is 11.3 Å². The summed E-state index contributed by atoms with van der Waals surface area (Å²) in [6, 6.07) is 15.1. The van der Waals surface area contributed by atoms with E-state index < -0.39 is 0 Å². The highest BCUT2D eigenvalue weighted by Crippen LogP contribution is 2.38. The van der Waals surface area contributed by atoms with Gasteiger partial charge in [0.05, 0.1) is 5.56 Å². The van der Waals surface area contributed by atoms with Gasteiger partial charge < -0.3 is 4.74 Å². The van der Waals surface area contributed by atoms with E-state index in [2.05, 4.69) is 11.1 Å². The van der Waals surface area contributed by atoms with Crippen LogP contribution >= 0.6 is 0 Å². The molecule has 2 aromatic carbocycles. The number of hydrogen-bond acceptors (Lipinski definition) is 3. The molecule has 17 heavy (non-hydrogen) atoms. The Labute approximate surface area is 98.6 Å². The number of nitrogens with zero attached hydrogens (tertiary/aromatic N) is 2. The van der Waals surface area contributed by atoms with Crippen molar-refractivity contribution in [2.75, 3.05) is 0 Å². The maximum absolute atomic E-state index is 9.05. The van der Waals surface area contributed by atoms with Gasteiger partial charge in [-0.25, -0.2) is 0 Å². The second-order valence-electron chi connectivity index (χ2n) is 3.66. The zero-order valence-electron chi connectivity index (χ0n) is 8.92. The molecule has 0 saturated carbocycles. The van der Waals surface area contributed by atoms with Crippen molar-refractivity contribution in [3.63, 3.8) is 0 Å². The van der Waals surface area contributed by atoms with Crippen LogP contribution in [0.15, 0.2) is 47.5 Å². The predicted octanol–water partition coefficient (Wildman–Crippen LogP) is 3.41. The normalized spacial score (nSPS) is 11.7. The molecular weight excluding hydrogens is 212 g/mol. The van der Waals surface area contributed by atoms with Gasteiger partial charge >= 0.3 is 0 Å². The van der Waals surface area contributed by atoms with Crippen molar-refractivity contribution in [3.8, 4) is 17.6 Å². The highest BCUT2D eigenvalue weighted by Gasteiger charge is 2.14. The number of rotatable bonds is 0. The standard InChI is InChI=1S/C14H8N2O/c15-8-10-5-3-6-12-14(10)17-13-7-2-1-4-11(13)9-16-12/h1-7,9H. The molecule has 0 radical (unpaired) electrons. The average Bonchev–Trinajstić information content (AvgIpc) is 2.57. The molecule has 0 atom stereocenters. The van der Waals surface area contributed by atoms with Crippen molar-refractivity contribution >= 4 is 11.9 Å². The maximum Gasteiger partial charge on any atom is 0.170 e. The van der Waals surface area contributed by atoms with Gasteiger partial charge in [0.15, 0.2) is 5.75 Å². The van der Waals surface area contributed by atoms with Gasteiger partial charge in [-0.3, -0.25) is 4.99 Å². The lowest BCUT2D eigenvalue weighted by atomic mass is 10.2. The molecule has 0 spiro atoms. The van der Waals surface area contributed by atoms with E-state index in [9.17, 15) is 0 Å². The number of hydrogen-bond donors (Lipinski definition) is 0. The summed E-state index contributed by atoms with van der Waals surface area (Å²) in [6.07, 6.45) is 1.75. The number of ether oxygens (including phenoxy) is 1. The van der Waals surface area contributed by atoms with Crippen LogP contribution in [0.3, 0.4) is 0 Å². The second-order valence-corrected chi connectivity index (χ2v) is 3.66. The molecule has 0 fully saturated rings. The minimum atomic E-state index is 0.497. The first-order valence-corrected chi connectivity index (χ1v) is 5.22. The molecule has 1 aliphatic heterocycles. The van der Waals surface area contributed by atoms with Gasteiger partial charge in [-0.05, 0) is 24.3 Å². The molecule has 0 aliphatic carbocycles. The van der Waals surface area contributed by atoms with Gasteiger partial charge in [-0.1, -0.05) is 18.2 Å². The van der Waals surface area contributed by atoms with E-state index in [0.29, 0.717) is 17.0 Å². The Kier molecular flexibility index (Phi) is 2.13. The Bertz CT molecular complexity index is 654. The Balaban J connectivity index is 2.23. The van der Waals surface area contributed by atoms with E-state index in [1.54, 1.807) is 18.3 Å². The lowest BCUT2D eigenvalue weighted by Crippen LogP contribution is -1.89. The van der Waals surface area contributed by atoms with Crippen molar-refractivity contribution in [3.05, 3.63) is 53.6 Å². The second kappa shape index (κ2) is 3.76. The van der Waals surface area contributed by atoms with Crippen molar-refractivity contribution in [1.29, 1.82) is 5.26 Å². The van der Waals surface area contributed by atoms with E-state index in [0.717, 1.165) is 11.3 Å². The van der Waals surface area contributed by atoms with Crippen molar-refractivity contribution < 1.29 is 4.74 Å². The van der Waals surface area contributed by atoms with Crippen LogP contribution in [0.5, 0.6) is 11.5 Å². The molecule has 0 saturated heterocycles. The van der Waals surface area contributed by atoms with E-state index in [-0.39, 0.29) is 0 Å². The van der Waals surface area contributed by atoms with Gasteiger partial charge in [-0.2, -0.15) is 5.26 Å². The van der Waals surface area contributed by atoms with Crippen molar-refractivity contribution in [1.82, 2.24) is 0 Å². The van der Waals surface area contributed by atoms with Gasteiger partial charge in [0.25, 0.3) is 0 Å². The highest BCUT2D eigenvalue weighted by atomic mass is 16.5. The maximum atomic E-state index is 9.05. The summed E-state index contributed by atoms with van der Waals surface area (Å²) in [7, 11) is 0. The third-order valence-corrected chi connectivity index (χ3v) is 2.59. The summed E-state index contributed by atoms with van der Waals surface area (Å²) < 4.78 is 5.78. The van der Waals surface area contributed by atoms with E-state index in [1.165, 1.54) is 0 Å². The molecular formula is C14H8N2O. The monoisotopic (exact) mass is 220 g/mol. The van der Waals surface area contributed by atoms with Crippen LogP contribution in [0.4, 0.5) is 5.69 Å². The van der Waals surface area contributed by atoms with E-state index >= 15 is 0 Å². The van der Waals surface area contributed by atoms with Crippen molar-refractivity contribution in [2.45, 2.75) is 0 Å². The molecule has 2 aromatic rings. The fourth-order valence-corrected chi connectivity index (χ4v) is 1.75. The first kappa shape index (κ1) is 9.61. The number of aliphatic imine (C=N–C) groups is 1. The van der Waals surface area contributed by atoms with Crippen LogP contribution in [0.1, 0.15) is 11.1 Å². The third kappa shape index (κ3) is 1.56. The Morgan fingerprint density at radius 1 is 1.06 bits per heavy atom. The quantitative estimate of drug-likeness (QED) is 0.582. The Hall–Kier alpha value is -2.60. The molecule has 3 nitrogen and oxygen atoms in total. The zero-order valence-corrected chi connectivity index (χ0v) is 8.92. The van der Waals surface area contributed by atoms with Crippen molar-refractivity contribution in [2.24, 2.45) is 4.99 Å². The summed E-state index contributed by atoms with van der Waals surface area (Å²) in [5.74, 6) is 1.24. The first-order valence-electron chi connectivity index (χ1n) is 5.22. The van der Waals surface area contributed by atoms with Crippen LogP contribution in [0.2, 0.25) is 0 Å². The largest absolute Gasteiger partial charge is 0.453 e. The molecule has 0 amide bonds. The summed E-state index contributed by atoms with van der Waals surface area (Å²) in [5, 5.41) is 9.05. The summed E-state index contributed by atoms with van der Waals surface area (Å²) >= 11 is 0. The fraction of sp³-hybridized carbons (Fsp3) is 0. The highest BCUT2D eigenvalue weighted by molar-refractivity contribution is 5.88. The van der Waals surface area contributed by atoms with Crippen LogP contribution < -0.4 is 4.74 Å². The minimum absolute atomic E-state index is 0.497. The van der Waals surface area contributed by atoms with E-state index in [1.807, 2.05) is 30.3 Å². The van der Waals surface area contributed by atoms with Gasteiger partial charge in [0.2, 0.25) is 0 Å². The zero-order chi connectivity index (χ0) is 11.7. The Morgan fingerprint density at radius 3 is 2.82 bits per heavy atom. The fourth-order valence-electron chi connectivity index (χ4n) is 1.75. The summed E-state index contributed by atoms with van der Waals surface area (Å²) in [4.78, 5) is 4.34. The number of nitriles is 1. The lowest BCUT2D eigenvalue weighted by molar-refractivity contribution is 0.483. The smallest absolute Gasteiger partial charge is 0.170 e. The molecule has 0 N–H and O–H groups in total. The minimum Gasteiger partial charge on any atom is -0.453 e. The molecule has 0 aromatic heterocycles. The average molecular weight is 220 g/mol. The third-order valence-electron chi connectivity index (χ3n) is 2.59. The van der Waals surface area contributed by atoms with Gasteiger partial charge in [0.1, 0.15) is 17.5 Å². The molecule has 0 bridgehead atoms. The lowest BCUT2D eigenvalue weighted by Gasteiger charge is -2.08. The van der Waals surface area contributed by atoms with Crippen LogP contribution in [-0.4, -0.2) is 6.21 Å². The number of fused-ring (bicyclic) bond motifs is 2. The molecule has 0 unspecified atom stereocenters. The van der Waals surface area contributed by atoms with E-state index in [4.69, 9.17) is 10.00 Å². The molecule has 1 heterocycles. The molecule has 3 rings (SSSR count). The van der Waals surface area contributed by atoms with Gasteiger partial charge in [0, 0.05) is 11.8 Å². The number of para-hydroxylation sites is 2. The molecule has 80 valence electrons. The number of benzene rings is 2. The summed E-state index contributed by atoms with van der Waals surface area (Å²) in [6.45, 7) is 0. The first-order chi connectivity index (χ1) is 8.38. The molecule has 1 aliphatic rings. The van der Waals surface area contributed by atoms with Crippen LogP contribution in [0.25, 0.3) is 0 Å².